The van der Waals surface area contributed by atoms with Gasteiger partial charge in [0.1, 0.15) is 11.8 Å². The predicted octanol–water partition coefficient (Wildman–Crippen LogP) is 3.71. The van der Waals surface area contributed by atoms with Crippen LogP contribution in [0.1, 0.15) is 38.7 Å². The Morgan fingerprint density at radius 2 is 1.96 bits per heavy atom. The molecule has 1 saturated heterocycles. The van der Waals surface area contributed by atoms with Crippen molar-refractivity contribution in [2.45, 2.75) is 51.7 Å². The van der Waals surface area contributed by atoms with Crippen LogP contribution in [0, 0.1) is 5.41 Å². The summed E-state index contributed by atoms with van der Waals surface area (Å²) in [7, 11) is 1.58. The number of aryl methyl sites for hydroxylation is 1. The third-order valence-corrected chi connectivity index (χ3v) is 4.55. The molecule has 1 unspecified atom stereocenters. The number of carbonyl (C=O) groups excluding carboxylic acids is 1. The number of hydrogen-bond acceptors (Lipinski definition) is 3. The van der Waals surface area contributed by atoms with Crippen molar-refractivity contribution in [2.75, 3.05) is 13.7 Å². The van der Waals surface area contributed by atoms with Crippen LogP contribution in [-0.4, -0.2) is 36.8 Å². The van der Waals surface area contributed by atoms with E-state index in [0.717, 1.165) is 16.3 Å². The van der Waals surface area contributed by atoms with E-state index < -0.39 is 17.6 Å². The number of methoxy groups -OCH3 is 1. The second-order valence-electron chi connectivity index (χ2n) is 7.07. The van der Waals surface area contributed by atoms with Crippen LogP contribution in [0.5, 0.6) is 5.75 Å². The summed E-state index contributed by atoms with van der Waals surface area (Å²) in [6.45, 7) is 3.36. The molecule has 0 saturated carbocycles. The molecular formula is C18H25F3N2O2. The summed E-state index contributed by atoms with van der Waals surface area (Å²) < 4.78 is 45.5. The van der Waals surface area contributed by atoms with E-state index in [-0.39, 0.29) is 18.9 Å². The summed E-state index contributed by atoms with van der Waals surface area (Å²) in [5, 5.41) is 1.05. The van der Waals surface area contributed by atoms with Gasteiger partial charge in [0.2, 0.25) is 5.91 Å². The van der Waals surface area contributed by atoms with E-state index in [1.54, 1.807) is 21.0 Å². The number of carbonyl (C=O) groups is 1. The molecule has 1 heterocycles. The molecule has 0 aliphatic carbocycles. The summed E-state index contributed by atoms with van der Waals surface area (Å²) in [5.74, 6) is 0.388. The van der Waals surface area contributed by atoms with E-state index in [2.05, 4.69) is 5.43 Å². The van der Waals surface area contributed by atoms with Crippen molar-refractivity contribution >= 4 is 5.91 Å². The Hall–Kier alpha value is -1.76. The maximum Gasteiger partial charge on any atom is 0.405 e. The quantitative estimate of drug-likeness (QED) is 0.756. The van der Waals surface area contributed by atoms with Crippen LogP contribution >= 0.6 is 0 Å². The maximum absolute atomic E-state index is 13.4. The number of alkyl halides is 3. The van der Waals surface area contributed by atoms with Crippen LogP contribution in [0.2, 0.25) is 0 Å². The first kappa shape index (κ1) is 19.6. The smallest absolute Gasteiger partial charge is 0.405 e. The number of ether oxygens (including phenoxy) is 1. The summed E-state index contributed by atoms with van der Waals surface area (Å²) in [6.07, 6.45) is -2.73. The Bertz CT molecular complexity index is 602. The van der Waals surface area contributed by atoms with Crippen LogP contribution in [0.4, 0.5) is 13.2 Å². The zero-order valence-corrected chi connectivity index (χ0v) is 14.8. The second-order valence-corrected chi connectivity index (χ2v) is 7.07. The maximum atomic E-state index is 13.4. The van der Waals surface area contributed by atoms with Crippen LogP contribution in [-0.2, 0) is 11.2 Å². The lowest BCUT2D eigenvalue weighted by Gasteiger charge is -2.29. The first-order valence-electron chi connectivity index (χ1n) is 8.41. The van der Waals surface area contributed by atoms with Crippen LogP contribution in [0.15, 0.2) is 24.3 Å². The molecule has 1 fully saturated rings. The van der Waals surface area contributed by atoms with Crippen molar-refractivity contribution in [3.8, 4) is 5.75 Å². The minimum Gasteiger partial charge on any atom is -0.496 e. The lowest BCUT2D eigenvalue weighted by atomic mass is 9.94. The highest BCUT2D eigenvalue weighted by Crippen LogP contribution is 2.33. The highest BCUT2D eigenvalue weighted by atomic mass is 19.4. The summed E-state index contributed by atoms with van der Waals surface area (Å²) >= 11 is 0. The Labute approximate surface area is 146 Å². The lowest BCUT2D eigenvalue weighted by Crippen LogP contribution is -2.49. The molecule has 1 aromatic carbocycles. The molecule has 1 aliphatic heterocycles. The fraction of sp³-hybridized carbons (Fsp3) is 0.611. The number of hydrazine groups is 1. The van der Waals surface area contributed by atoms with Gasteiger partial charge < -0.3 is 4.74 Å². The van der Waals surface area contributed by atoms with Crippen LogP contribution < -0.4 is 10.2 Å². The van der Waals surface area contributed by atoms with E-state index in [1.807, 2.05) is 24.3 Å². The predicted molar refractivity (Wildman–Crippen MR) is 89.0 cm³/mol. The average Bonchev–Trinajstić information content (AvgIpc) is 2.79. The van der Waals surface area contributed by atoms with Gasteiger partial charge in [-0.3, -0.25) is 10.2 Å². The summed E-state index contributed by atoms with van der Waals surface area (Å²) in [6, 6.07) is 5.85. The molecule has 1 aromatic rings. The molecule has 4 nitrogen and oxygen atoms in total. The van der Waals surface area contributed by atoms with E-state index in [9.17, 15) is 18.0 Å². The number of benzene rings is 1. The molecule has 0 aromatic heterocycles. The van der Waals surface area contributed by atoms with E-state index >= 15 is 0 Å². The van der Waals surface area contributed by atoms with Crippen LogP contribution in [0.3, 0.4) is 0 Å². The molecular weight excluding hydrogens is 333 g/mol. The highest BCUT2D eigenvalue weighted by molar-refractivity contribution is 5.83. The van der Waals surface area contributed by atoms with Gasteiger partial charge >= 0.3 is 6.18 Å². The van der Waals surface area contributed by atoms with Crippen molar-refractivity contribution in [3.05, 3.63) is 29.8 Å². The molecule has 1 N–H and O–H groups in total. The largest absolute Gasteiger partial charge is 0.496 e. The molecule has 0 bridgehead atoms. The van der Waals surface area contributed by atoms with E-state index in [0.29, 0.717) is 19.3 Å². The number of hydrogen-bond donors (Lipinski definition) is 1. The first-order valence-corrected chi connectivity index (χ1v) is 8.41. The van der Waals surface area contributed by atoms with Gasteiger partial charge in [0.25, 0.3) is 0 Å². The van der Waals surface area contributed by atoms with Gasteiger partial charge in [-0.05, 0) is 44.7 Å². The molecule has 0 radical (unpaired) electrons. The number of amides is 1. The molecule has 1 amide bonds. The molecule has 2 rings (SSSR count). The number of rotatable bonds is 7. The fourth-order valence-electron chi connectivity index (χ4n) is 3.07. The van der Waals surface area contributed by atoms with Crippen molar-refractivity contribution in [3.63, 3.8) is 0 Å². The molecule has 1 aliphatic rings. The third-order valence-electron chi connectivity index (χ3n) is 4.55. The van der Waals surface area contributed by atoms with Crippen molar-refractivity contribution in [1.29, 1.82) is 0 Å². The van der Waals surface area contributed by atoms with Gasteiger partial charge in [-0.1, -0.05) is 24.6 Å². The number of unbranched alkanes of at least 4 members (excludes halogenated alkanes) is 1. The first-order chi connectivity index (χ1) is 11.6. The number of para-hydroxylation sites is 1. The molecule has 140 valence electrons. The van der Waals surface area contributed by atoms with Gasteiger partial charge in [-0.2, -0.15) is 13.2 Å². The summed E-state index contributed by atoms with van der Waals surface area (Å²) in [5.41, 5.74) is 2.57. The normalized spacial score (nSPS) is 18.9. The summed E-state index contributed by atoms with van der Waals surface area (Å²) in [4.78, 5) is 11.8. The Morgan fingerprint density at radius 3 is 2.52 bits per heavy atom. The van der Waals surface area contributed by atoms with E-state index in [1.165, 1.54) is 0 Å². The highest BCUT2D eigenvalue weighted by Gasteiger charge is 2.49. The van der Waals surface area contributed by atoms with Gasteiger partial charge in [-0.25, -0.2) is 5.01 Å². The van der Waals surface area contributed by atoms with Gasteiger partial charge in [0.15, 0.2) is 0 Å². The van der Waals surface area contributed by atoms with Gasteiger partial charge in [0.05, 0.1) is 12.5 Å². The van der Waals surface area contributed by atoms with Crippen LogP contribution in [0.25, 0.3) is 0 Å². The molecule has 7 heteroatoms. The van der Waals surface area contributed by atoms with Crippen molar-refractivity contribution in [1.82, 2.24) is 10.4 Å². The van der Waals surface area contributed by atoms with Gasteiger partial charge in [-0.15, -0.1) is 0 Å². The number of halogens is 3. The van der Waals surface area contributed by atoms with E-state index in [4.69, 9.17) is 4.74 Å². The second kappa shape index (κ2) is 7.64. The average molecular weight is 358 g/mol. The Balaban J connectivity index is 1.92. The van der Waals surface area contributed by atoms with Crippen molar-refractivity contribution in [2.24, 2.45) is 5.41 Å². The Morgan fingerprint density at radius 1 is 1.28 bits per heavy atom. The van der Waals surface area contributed by atoms with Gasteiger partial charge in [0, 0.05) is 6.54 Å². The lowest BCUT2D eigenvalue weighted by molar-refractivity contribution is -0.190. The monoisotopic (exact) mass is 358 g/mol. The minimum atomic E-state index is -4.38. The molecule has 0 spiro atoms. The zero-order valence-electron chi connectivity index (χ0n) is 14.8. The number of nitrogens with one attached hydrogen (secondary N) is 1. The fourth-order valence-corrected chi connectivity index (χ4v) is 3.07. The SMILES string of the molecule is COc1ccccc1CCCCC(N1CC(C)(C)C(=O)N1)C(F)(F)F. The molecule has 1 atom stereocenters. The van der Waals surface area contributed by atoms with Crippen molar-refractivity contribution < 1.29 is 22.7 Å². The Kier molecular flexibility index (Phi) is 5.98. The molecule has 25 heavy (non-hydrogen) atoms. The topological polar surface area (TPSA) is 41.6 Å². The minimum absolute atomic E-state index is 0.0466. The number of nitrogens with zero attached hydrogens (tertiary/aromatic N) is 1. The standard InChI is InChI=1S/C18H25F3N2O2/c1-17(2)12-23(22-16(17)24)15(18(19,20)21)11-7-5-9-13-8-4-6-10-14(13)25-3/h4,6,8,10,15H,5,7,9,11-12H2,1-3H3,(H,22,24). The zero-order chi connectivity index (χ0) is 18.7. The third kappa shape index (κ3) is 4.87.